The number of hydrogen-bond acceptors (Lipinski definition) is 1. The van der Waals surface area contributed by atoms with Gasteiger partial charge in [0.15, 0.2) is 0 Å². The van der Waals surface area contributed by atoms with Gasteiger partial charge in [0, 0.05) is 6.61 Å². The second-order valence-corrected chi connectivity index (χ2v) is 3.46. The van der Waals surface area contributed by atoms with Crippen LogP contribution >= 0.6 is 0 Å². The van der Waals surface area contributed by atoms with E-state index in [1.54, 1.807) is 0 Å². The van der Waals surface area contributed by atoms with Gasteiger partial charge >= 0.3 is 0 Å². The Bertz CT molecular complexity index is 114. The van der Waals surface area contributed by atoms with Gasteiger partial charge in [-0.3, -0.25) is 0 Å². The van der Waals surface area contributed by atoms with E-state index in [1.807, 2.05) is 0 Å². The third kappa shape index (κ3) is 0.644. The summed E-state index contributed by atoms with van der Waals surface area (Å²) in [5.74, 6) is 0.847. The molecule has 1 aliphatic carbocycles. The van der Waals surface area contributed by atoms with E-state index in [0.717, 1.165) is 12.5 Å². The molecule has 1 aliphatic heterocycles. The minimum absolute atomic E-state index is 0.375. The summed E-state index contributed by atoms with van der Waals surface area (Å²) in [6.45, 7) is 3.33. The summed E-state index contributed by atoms with van der Waals surface area (Å²) >= 11 is 0. The largest absolute Gasteiger partial charge is 0.375 e. The Kier molecular flexibility index (Phi) is 1.10. The van der Waals surface area contributed by atoms with Crippen LogP contribution in [0, 0.1) is 5.92 Å². The van der Waals surface area contributed by atoms with E-state index in [4.69, 9.17) is 4.74 Å². The Morgan fingerprint density at radius 2 is 2.33 bits per heavy atom. The molecule has 0 amide bonds. The topological polar surface area (TPSA) is 9.23 Å². The van der Waals surface area contributed by atoms with Gasteiger partial charge in [-0.1, -0.05) is 6.92 Å². The first-order chi connectivity index (χ1) is 4.33. The van der Waals surface area contributed by atoms with Crippen molar-refractivity contribution >= 4 is 0 Å². The molecule has 1 saturated carbocycles. The second kappa shape index (κ2) is 1.72. The van der Waals surface area contributed by atoms with Crippen molar-refractivity contribution in [2.75, 3.05) is 6.61 Å². The molecule has 1 heteroatoms. The highest BCUT2D eigenvalue weighted by atomic mass is 16.5. The molecule has 1 saturated heterocycles. The lowest BCUT2D eigenvalue weighted by molar-refractivity contribution is -0.102. The Labute approximate surface area is 56.4 Å². The zero-order chi connectivity index (χ0) is 6.32. The van der Waals surface area contributed by atoms with Gasteiger partial charge in [0.05, 0.1) is 5.60 Å². The van der Waals surface area contributed by atoms with Crippen LogP contribution in [0.4, 0.5) is 0 Å². The molecule has 9 heavy (non-hydrogen) atoms. The fourth-order valence-corrected chi connectivity index (χ4v) is 2.06. The maximum absolute atomic E-state index is 5.69. The van der Waals surface area contributed by atoms with E-state index in [1.165, 1.54) is 25.7 Å². The first-order valence-electron chi connectivity index (χ1n) is 3.97. The van der Waals surface area contributed by atoms with E-state index in [0.29, 0.717) is 5.60 Å². The highest BCUT2D eigenvalue weighted by molar-refractivity contribution is 4.97. The van der Waals surface area contributed by atoms with Crippen LogP contribution in [-0.4, -0.2) is 12.2 Å². The fraction of sp³-hybridized carbons (Fsp3) is 1.00. The molecule has 2 fully saturated rings. The summed E-state index contributed by atoms with van der Waals surface area (Å²) < 4.78 is 5.69. The average Bonchev–Trinajstić information content (AvgIpc) is 2.34. The van der Waals surface area contributed by atoms with Crippen LogP contribution in [0.3, 0.4) is 0 Å². The summed E-state index contributed by atoms with van der Waals surface area (Å²) in [4.78, 5) is 0. The summed E-state index contributed by atoms with van der Waals surface area (Å²) in [7, 11) is 0. The molecule has 2 atom stereocenters. The molecule has 1 spiro atoms. The van der Waals surface area contributed by atoms with E-state index in [-0.39, 0.29) is 0 Å². The zero-order valence-electron chi connectivity index (χ0n) is 6.02. The normalized spacial score (nSPS) is 49.7. The van der Waals surface area contributed by atoms with Crippen LogP contribution < -0.4 is 0 Å². The highest BCUT2D eigenvalue weighted by Gasteiger charge is 2.46. The lowest BCUT2D eigenvalue weighted by Gasteiger charge is -2.44. The molecule has 0 aromatic rings. The van der Waals surface area contributed by atoms with E-state index in [9.17, 15) is 0 Å². The molecule has 0 aromatic carbocycles. The quantitative estimate of drug-likeness (QED) is 0.482. The van der Waals surface area contributed by atoms with Crippen molar-refractivity contribution < 1.29 is 4.74 Å². The van der Waals surface area contributed by atoms with Gasteiger partial charge in [-0.15, -0.1) is 0 Å². The Morgan fingerprint density at radius 1 is 1.44 bits per heavy atom. The van der Waals surface area contributed by atoms with Gasteiger partial charge in [-0.25, -0.2) is 0 Å². The molecule has 0 radical (unpaired) electrons. The molecular formula is C8H14O. The van der Waals surface area contributed by atoms with Gasteiger partial charge in [0.2, 0.25) is 0 Å². The maximum Gasteiger partial charge on any atom is 0.0708 e. The summed E-state index contributed by atoms with van der Waals surface area (Å²) in [5, 5.41) is 0. The van der Waals surface area contributed by atoms with Crippen molar-refractivity contribution in [2.45, 2.75) is 38.2 Å². The predicted molar refractivity (Wildman–Crippen MR) is 36.3 cm³/mol. The monoisotopic (exact) mass is 126 g/mol. The zero-order valence-corrected chi connectivity index (χ0v) is 6.02. The summed E-state index contributed by atoms with van der Waals surface area (Å²) in [5.41, 5.74) is 0.375. The van der Waals surface area contributed by atoms with Gasteiger partial charge < -0.3 is 4.74 Å². The van der Waals surface area contributed by atoms with Gasteiger partial charge in [-0.2, -0.15) is 0 Å². The minimum atomic E-state index is 0.375. The SMILES string of the molecule is C[C@H]1CC[C@@]12CCCO2. The standard InChI is InChI=1S/C8H14O/c1-7-3-5-8(7)4-2-6-9-8/h7H,2-6H2,1H3/t7-,8-/m0/s1. The van der Waals surface area contributed by atoms with Crippen molar-refractivity contribution in [3.63, 3.8) is 0 Å². The van der Waals surface area contributed by atoms with Crippen LogP contribution in [0.1, 0.15) is 32.6 Å². The predicted octanol–water partition coefficient (Wildman–Crippen LogP) is 1.97. The number of rotatable bonds is 0. The first kappa shape index (κ1) is 5.72. The van der Waals surface area contributed by atoms with Gasteiger partial charge in [-0.05, 0) is 31.6 Å². The molecule has 1 nitrogen and oxygen atoms in total. The molecular weight excluding hydrogens is 112 g/mol. The van der Waals surface area contributed by atoms with Crippen LogP contribution in [0.15, 0.2) is 0 Å². The number of ether oxygens (including phenoxy) is 1. The lowest BCUT2D eigenvalue weighted by atomic mass is 9.69. The van der Waals surface area contributed by atoms with Gasteiger partial charge in [0.1, 0.15) is 0 Å². The van der Waals surface area contributed by atoms with Crippen molar-refractivity contribution in [1.82, 2.24) is 0 Å². The smallest absolute Gasteiger partial charge is 0.0708 e. The molecule has 0 aromatic heterocycles. The summed E-state index contributed by atoms with van der Waals surface area (Å²) in [6, 6.07) is 0. The molecule has 0 bridgehead atoms. The van der Waals surface area contributed by atoms with Crippen LogP contribution in [0.5, 0.6) is 0 Å². The van der Waals surface area contributed by atoms with Crippen molar-refractivity contribution in [1.29, 1.82) is 0 Å². The van der Waals surface area contributed by atoms with Crippen LogP contribution in [0.25, 0.3) is 0 Å². The second-order valence-electron chi connectivity index (χ2n) is 3.46. The third-order valence-electron chi connectivity index (χ3n) is 3.03. The van der Waals surface area contributed by atoms with Crippen molar-refractivity contribution in [3.8, 4) is 0 Å². The van der Waals surface area contributed by atoms with E-state index in [2.05, 4.69) is 6.92 Å². The number of hydrogen-bond donors (Lipinski definition) is 0. The van der Waals surface area contributed by atoms with Crippen molar-refractivity contribution in [2.24, 2.45) is 5.92 Å². The summed E-state index contributed by atoms with van der Waals surface area (Å²) in [6.07, 6.45) is 5.34. The lowest BCUT2D eigenvalue weighted by Crippen LogP contribution is -2.44. The molecule has 0 unspecified atom stereocenters. The van der Waals surface area contributed by atoms with Crippen molar-refractivity contribution in [3.05, 3.63) is 0 Å². The molecule has 52 valence electrons. The molecule has 2 aliphatic rings. The highest BCUT2D eigenvalue weighted by Crippen LogP contribution is 2.47. The molecule has 0 N–H and O–H groups in total. The molecule has 1 heterocycles. The van der Waals surface area contributed by atoms with E-state index >= 15 is 0 Å². The maximum atomic E-state index is 5.69. The third-order valence-corrected chi connectivity index (χ3v) is 3.03. The fourth-order valence-electron chi connectivity index (χ4n) is 2.06. The van der Waals surface area contributed by atoms with Crippen LogP contribution in [-0.2, 0) is 4.74 Å². The molecule has 2 rings (SSSR count). The minimum Gasteiger partial charge on any atom is -0.375 e. The first-order valence-corrected chi connectivity index (χ1v) is 3.97. The van der Waals surface area contributed by atoms with Gasteiger partial charge in [0.25, 0.3) is 0 Å². The van der Waals surface area contributed by atoms with Crippen LogP contribution in [0.2, 0.25) is 0 Å². The average molecular weight is 126 g/mol. The Morgan fingerprint density at radius 3 is 2.56 bits per heavy atom. The Hall–Kier alpha value is -0.0400. The van der Waals surface area contributed by atoms with E-state index < -0.39 is 0 Å². The Balaban J connectivity index is 2.06.